The number of rotatable bonds is 5. The molecule has 1 aromatic carbocycles. The Labute approximate surface area is 129 Å². The van der Waals surface area contributed by atoms with Gasteiger partial charge in [0.2, 0.25) is 5.78 Å². The topological polar surface area (TPSA) is 68.2 Å². The van der Waals surface area contributed by atoms with E-state index in [4.69, 9.17) is 4.74 Å². The van der Waals surface area contributed by atoms with Crippen molar-refractivity contribution in [2.75, 3.05) is 31.2 Å². The van der Waals surface area contributed by atoms with Gasteiger partial charge in [-0.25, -0.2) is 4.79 Å². The molecule has 6 heteroatoms. The van der Waals surface area contributed by atoms with E-state index in [0.717, 1.165) is 32.0 Å². The number of carbonyl (C=O) groups excluding carboxylic acids is 2. The zero-order valence-corrected chi connectivity index (χ0v) is 12.9. The van der Waals surface area contributed by atoms with Gasteiger partial charge in [-0.3, -0.25) is 4.79 Å². The monoisotopic (exact) mass is 304 g/mol. The van der Waals surface area contributed by atoms with Crippen LogP contribution in [0.2, 0.25) is 0 Å². The summed E-state index contributed by atoms with van der Waals surface area (Å²) in [4.78, 5) is 29.9. The van der Waals surface area contributed by atoms with E-state index < -0.39 is 5.97 Å². The molecule has 0 unspecified atom stereocenters. The normalized spacial score (nSPS) is 15.5. The Morgan fingerprint density at radius 2 is 1.86 bits per heavy atom. The quantitative estimate of drug-likeness (QED) is 0.360. The van der Waals surface area contributed by atoms with Gasteiger partial charge in [0, 0.05) is 31.3 Å². The number of oxime groups is 1. The Morgan fingerprint density at radius 3 is 2.41 bits per heavy atom. The Bertz CT molecular complexity index is 560. The summed E-state index contributed by atoms with van der Waals surface area (Å²) in [6.07, 6.45) is 0.400. The molecule has 1 saturated heterocycles. The third-order valence-corrected chi connectivity index (χ3v) is 3.39. The van der Waals surface area contributed by atoms with Crippen molar-refractivity contribution in [1.29, 1.82) is 0 Å². The molecule has 22 heavy (non-hydrogen) atoms. The molecule has 0 bridgehead atoms. The minimum atomic E-state index is -0.540. The molecule has 1 aromatic rings. The van der Waals surface area contributed by atoms with E-state index in [1.165, 1.54) is 6.92 Å². The Morgan fingerprint density at radius 1 is 1.23 bits per heavy atom. The van der Waals surface area contributed by atoms with E-state index in [0.29, 0.717) is 12.0 Å². The number of hydrogen-bond acceptors (Lipinski definition) is 6. The maximum Gasteiger partial charge on any atom is 0.331 e. The van der Waals surface area contributed by atoms with Crippen LogP contribution < -0.4 is 4.90 Å². The zero-order valence-electron chi connectivity index (χ0n) is 12.9. The average molecular weight is 304 g/mol. The molecule has 0 spiro atoms. The molecule has 0 aliphatic carbocycles. The predicted molar refractivity (Wildman–Crippen MR) is 83.3 cm³/mol. The van der Waals surface area contributed by atoms with Gasteiger partial charge >= 0.3 is 5.97 Å². The van der Waals surface area contributed by atoms with Crippen molar-refractivity contribution >= 4 is 23.2 Å². The second-order valence-corrected chi connectivity index (χ2v) is 4.95. The van der Waals surface area contributed by atoms with Crippen LogP contribution in [-0.4, -0.2) is 43.8 Å². The van der Waals surface area contributed by atoms with Crippen LogP contribution >= 0.6 is 0 Å². The minimum absolute atomic E-state index is 0.225. The summed E-state index contributed by atoms with van der Waals surface area (Å²) in [5.41, 5.74) is 1.83. The van der Waals surface area contributed by atoms with Crippen molar-refractivity contribution in [2.45, 2.75) is 20.3 Å². The molecule has 1 aliphatic heterocycles. The fourth-order valence-corrected chi connectivity index (χ4v) is 2.20. The standard InChI is InChI=1S/C16H20N2O4/c1-3-15(17-22-12(2)19)16(20)13-4-6-14(7-5-13)18-8-10-21-11-9-18/h4-7H,3,8-11H2,1-2H3/b17-15+. The largest absolute Gasteiger partial charge is 0.378 e. The van der Waals surface area contributed by atoms with Crippen LogP contribution in [0.1, 0.15) is 30.6 Å². The van der Waals surface area contributed by atoms with E-state index in [1.54, 1.807) is 19.1 Å². The first-order chi connectivity index (χ1) is 10.6. The first-order valence-electron chi connectivity index (χ1n) is 7.33. The third kappa shape index (κ3) is 4.14. The number of anilines is 1. The molecule has 1 fully saturated rings. The Hall–Kier alpha value is -2.21. The summed E-state index contributed by atoms with van der Waals surface area (Å²) in [5.74, 6) is -0.765. The van der Waals surface area contributed by atoms with Crippen LogP contribution in [0.4, 0.5) is 5.69 Å². The number of carbonyl (C=O) groups is 2. The van der Waals surface area contributed by atoms with Crippen LogP contribution in [0.3, 0.4) is 0 Å². The number of nitrogens with zero attached hydrogens (tertiary/aromatic N) is 2. The number of Topliss-reactive ketones (excluding diaryl/α,β-unsaturated/α-hetero) is 1. The number of hydrogen-bond donors (Lipinski definition) is 0. The molecule has 0 atom stereocenters. The molecule has 118 valence electrons. The van der Waals surface area contributed by atoms with E-state index in [-0.39, 0.29) is 11.5 Å². The molecule has 0 radical (unpaired) electrons. The number of ketones is 1. The first kappa shape index (κ1) is 16.2. The molecule has 2 rings (SSSR count). The average Bonchev–Trinajstić information content (AvgIpc) is 2.56. The van der Waals surface area contributed by atoms with Crippen molar-refractivity contribution in [3.63, 3.8) is 0 Å². The molecular weight excluding hydrogens is 284 g/mol. The van der Waals surface area contributed by atoms with E-state index >= 15 is 0 Å². The first-order valence-corrected chi connectivity index (χ1v) is 7.33. The SMILES string of the molecule is CC/C(=N\OC(C)=O)C(=O)c1ccc(N2CCOCC2)cc1. The Balaban J connectivity index is 2.09. The minimum Gasteiger partial charge on any atom is -0.378 e. The van der Waals surface area contributed by atoms with Crippen molar-refractivity contribution in [3.8, 4) is 0 Å². The van der Waals surface area contributed by atoms with Gasteiger partial charge in [-0.05, 0) is 30.7 Å². The van der Waals surface area contributed by atoms with Gasteiger partial charge in [0.15, 0.2) is 0 Å². The summed E-state index contributed by atoms with van der Waals surface area (Å²) in [7, 11) is 0. The van der Waals surface area contributed by atoms with E-state index in [2.05, 4.69) is 14.9 Å². The van der Waals surface area contributed by atoms with Gasteiger partial charge in [0.05, 0.1) is 13.2 Å². The maximum absolute atomic E-state index is 12.3. The van der Waals surface area contributed by atoms with Crippen molar-refractivity contribution in [1.82, 2.24) is 0 Å². The zero-order chi connectivity index (χ0) is 15.9. The van der Waals surface area contributed by atoms with E-state index in [1.807, 2.05) is 12.1 Å². The van der Waals surface area contributed by atoms with Gasteiger partial charge in [-0.2, -0.15) is 0 Å². The molecule has 6 nitrogen and oxygen atoms in total. The summed E-state index contributed by atoms with van der Waals surface area (Å²) in [5, 5.41) is 3.62. The van der Waals surface area contributed by atoms with Crippen molar-refractivity contribution in [2.24, 2.45) is 5.16 Å². The lowest BCUT2D eigenvalue weighted by Gasteiger charge is -2.28. The van der Waals surface area contributed by atoms with Crippen LogP contribution in [0.5, 0.6) is 0 Å². The van der Waals surface area contributed by atoms with Gasteiger partial charge in [-0.1, -0.05) is 12.1 Å². The van der Waals surface area contributed by atoms with Crippen molar-refractivity contribution < 1.29 is 19.2 Å². The van der Waals surface area contributed by atoms with Crippen molar-refractivity contribution in [3.05, 3.63) is 29.8 Å². The highest BCUT2D eigenvalue weighted by Gasteiger charge is 2.15. The summed E-state index contributed by atoms with van der Waals surface area (Å²) in [6.45, 7) is 6.18. The molecule has 0 aromatic heterocycles. The number of morpholine rings is 1. The number of benzene rings is 1. The molecule has 1 aliphatic rings. The smallest absolute Gasteiger partial charge is 0.331 e. The fourth-order valence-electron chi connectivity index (χ4n) is 2.20. The number of ether oxygens (including phenoxy) is 1. The van der Waals surface area contributed by atoms with Crippen LogP contribution in [-0.2, 0) is 14.4 Å². The lowest BCUT2D eigenvalue weighted by molar-refractivity contribution is -0.140. The highest BCUT2D eigenvalue weighted by molar-refractivity contribution is 6.45. The van der Waals surface area contributed by atoms with Gasteiger partial charge in [0.1, 0.15) is 5.71 Å². The molecule has 1 heterocycles. The lowest BCUT2D eigenvalue weighted by atomic mass is 10.0. The Kier molecular flexibility index (Phi) is 5.66. The molecular formula is C16H20N2O4. The molecule has 0 N–H and O–H groups in total. The van der Waals surface area contributed by atoms with Crippen LogP contribution in [0.15, 0.2) is 29.4 Å². The summed E-state index contributed by atoms with van der Waals surface area (Å²) in [6, 6.07) is 7.37. The van der Waals surface area contributed by atoms with Crippen LogP contribution in [0, 0.1) is 0 Å². The van der Waals surface area contributed by atoms with Crippen LogP contribution in [0.25, 0.3) is 0 Å². The second kappa shape index (κ2) is 7.70. The lowest BCUT2D eigenvalue weighted by Crippen LogP contribution is -2.36. The molecule has 0 saturated carbocycles. The third-order valence-electron chi connectivity index (χ3n) is 3.39. The van der Waals surface area contributed by atoms with Gasteiger partial charge < -0.3 is 14.5 Å². The predicted octanol–water partition coefficient (Wildman–Crippen LogP) is 2.04. The summed E-state index contributed by atoms with van der Waals surface area (Å²) >= 11 is 0. The second-order valence-electron chi connectivity index (χ2n) is 4.95. The van der Waals surface area contributed by atoms with E-state index in [9.17, 15) is 9.59 Å². The highest BCUT2D eigenvalue weighted by Crippen LogP contribution is 2.17. The maximum atomic E-state index is 12.3. The molecule has 0 amide bonds. The summed E-state index contributed by atoms with van der Waals surface area (Å²) < 4.78 is 5.32. The fraction of sp³-hybridized carbons (Fsp3) is 0.438. The highest BCUT2D eigenvalue weighted by atomic mass is 16.7. The van der Waals surface area contributed by atoms with Gasteiger partial charge in [0.25, 0.3) is 0 Å². The van der Waals surface area contributed by atoms with Gasteiger partial charge in [-0.15, -0.1) is 0 Å².